The molecular weight excluding hydrogens is 364 g/mol. The van der Waals surface area contributed by atoms with E-state index in [1.807, 2.05) is 0 Å². The summed E-state index contributed by atoms with van der Waals surface area (Å²) in [4.78, 5) is 12.0. The highest BCUT2D eigenvalue weighted by Gasteiger charge is 2.43. The summed E-state index contributed by atoms with van der Waals surface area (Å²) < 4.78 is 41.5. The van der Waals surface area contributed by atoms with E-state index in [1.165, 1.54) is 29.2 Å². The molecule has 1 aromatic heterocycles. The van der Waals surface area contributed by atoms with Crippen molar-refractivity contribution in [3.63, 3.8) is 0 Å². The molecule has 1 aliphatic rings. The molecule has 138 valence electrons. The normalized spacial score (nSPS) is 14.0. The van der Waals surface area contributed by atoms with Gasteiger partial charge in [-0.05, 0) is 34.7 Å². The lowest BCUT2D eigenvalue weighted by Crippen LogP contribution is -2.25. The van der Waals surface area contributed by atoms with Crippen LogP contribution in [0.1, 0.15) is 0 Å². The van der Waals surface area contributed by atoms with E-state index in [2.05, 4.69) is 30.3 Å². The number of carbonyl (C=O) groups excluding carboxylic acids is 1. The molecule has 0 atom stereocenters. The number of fused-ring (bicyclic) bond motifs is 1. The second kappa shape index (κ2) is 6.52. The maximum Gasteiger partial charge on any atom is 0.586 e. The van der Waals surface area contributed by atoms with Crippen molar-refractivity contribution in [3.05, 3.63) is 48.8 Å². The summed E-state index contributed by atoms with van der Waals surface area (Å²) in [5, 5.41) is 13.4. The molecule has 4 rings (SSSR count). The van der Waals surface area contributed by atoms with Gasteiger partial charge in [-0.1, -0.05) is 6.07 Å². The summed E-state index contributed by atoms with van der Waals surface area (Å²) in [6.07, 6.45) is -2.28. The lowest BCUT2D eigenvalue weighted by atomic mass is 10.3. The topological polar surface area (TPSA) is 100 Å². The van der Waals surface area contributed by atoms with Gasteiger partial charge >= 0.3 is 6.29 Å². The molecule has 2 aromatic carbocycles. The minimum Gasteiger partial charge on any atom is -0.484 e. The number of alkyl halides is 2. The van der Waals surface area contributed by atoms with Crippen molar-refractivity contribution in [1.29, 1.82) is 0 Å². The Kier molecular flexibility index (Phi) is 4.03. The van der Waals surface area contributed by atoms with Gasteiger partial charge in [0.05, 0.1) is 5.69 Å². The first-order chi connectivity index (χ1) is 13.0. The lowest BCUT2D eigenvalue weighted by Gasteiger charge is -2.09. The average Bonchev–Trinajstić information content (AvgIpc) is 3.26. The van der Waals surface area contributed by atoms with E-state index in [0.717, 1.165) is 0 Å². The molecule has 0 spiro atoms. The number of nitrogens with zero attached hydrogens (tertiary/aromatic N) is 4. The third-order valence-electron chi connectivity index (χ3n) is 3.49. The predicted octanol–water partition coefficient (Wildman–Crippen LogP) is 2.00. The first-order valence-electron chi connectivity index (χ1n) is 7.64. The van der Waals surface area contributed by atoms with Crippen LogP contribution in [-0.4, -0.2) is 39.0 Å². The Bertz CT molecular complexity index is 981. The van der Waals surface area contributed by atoms with Crippen molar-refractivity contribution in [3.8, 4) is 22.9 Å². The summed E-state index contributed by atoms with van der Waals surface area (Å²) in [5.74, 6) is -0.307. The zero-order valence-corrected chi connectivity index (χ0v) is 13.5. The van der Waals surface area contributed by atoms with E-state index in [1.54, 1.807) is 24.3 Å². The predicted molar refractivity (Wildman–Crippen MR) is 85.9 cm³/mol. The van der Waals surface area contributed by atoms with E-state index in [0.29, 0.717) is 11.4 Å². The SMILES string of the molecule is O=C(COc1cccc(-n2cnnn2)c1)Nc1ccc2c(c1)OC(F)(F)O2. The summed E-state index contributed by atoms with van der Waals surface area (Å²) in [7, 11) is 0. The Morgan fingerprint density at radius 2 is 2.04 bits per heavy atom. The van der Waals surface area contributed by atoms with Gasteiger partial charge in [0, 0.05) is 17.8 Å². The Labute approximate surface area is 150 Å². The van der Waals surface area contributed by atoms with Crippen LogP contribution in [0, 0.1) is 0 Å². The number of aromatic nitrogens is 4. The number of amides is 1. The van der Waals surface area contributed by atoms with Gasteiger partial charge in [0.1, 0.15) is 12.1 Å². The van der Waals surface area contributed by atoms with E-state index < -0.39 is 12.2 Å². The standard InChI is InChI=1S/C16H11F2N5O4/c17-16(18)26-13-5-4-10(6-14(13)27-16)20-15(24)8-25-12-3-1-2-11(7-12)23-9-19-21-22-23/h1-7,9H,8H2,(H,20,24). The lowest BCUT2D eigenvalue weighted by molar-refractivity contribution is -0.286. The number of tetrazole rings is 1. The van der Waals surface area contributed by atoms with Crippen LogP contribution in [0.4, 0.5) is 14.5 Å². The van der Waals surface area contributed by atoms with Crippen molar-refractivity contribution >= 4 is 11.6 Å². The molecular formula is C16H11F2N5O4. The molecule has 0 saturated carbocycles. The van der Waals surface area contributed by atoms with Gasteiger partial charge < -0.3 is 19.5 Å². The molecule has 0 fully saturated rings. The summed E-state index contributed by atoms with van der Waals surface area (Å²) in [5.41, 5.74) is 0.931. The molecule has 0 aliphatic carbocycles. The van der Waals surface area contributed by atoms with Gasteiger partial charge in [-0.25, -0.2) is 4.68 Å². The maximum absolute atomic E-state index is 13.0. The van der Waals surface area contributed by atoms with Crippen molar-refractivity contribution in [2.45, 2.75) is 6.29 Å². The number of ether oxygens (including phenoxy) is 3. The first kappa shape index (κ1) is 16.7. The number of hydrogen-bond donors (Lipinski definition) is 1. The molecule has 0 radical (unpaired) electrons. The van der Waals surface area contributed by atoms with E-state index >= 15 is 0 Å². The second-order valence-corrected chi connectivity index (χ2v) is 5.42. The van der Waals surface area contributed by atoms with Gasteiger partial charge in [0.2, 0.25) is 0 Å². The quantitative estimate of drug-likeness (QED) is 0.728. The van der Waals surface area contributed by atoms with Crippen molar-refractivity contribution in [2.24, 2.45) is 0 Å². The van der Waals surface area contributed by atoms with Gasteiger partial charge in [-0.2, -0.15) is 0 Å². The van der Waals surface area contributed by atoms with E-state index in [4.69, 9.17) is 4.74 Å². The highest BCUT2D eigenvalue weighted by Crippen LogP contribution is 2.42. The maximum atomic E-state index is 13.0. The van der Waals surface area contributed by atoms with Crippen molar-refractivity contribution in [2.75, 3.05) is 11.9 Å². The molecule has 0 unspecified atom stereocenters. The third-order valence-corrected chi connectivity index (χ3v) is 3.49. The van der Waals surface area contributed by atoms with Gasteiger partial charge in [0.25, 0.3) is 5.91 Å². The molecule has 1 N–H and O–H groups in total. The van der Waals surface area contributed by atoms with Crippen LogP contribution in [0.15, 0.2) is 48.8 Å². The molecule has 1 amide bonds. The molecule has 1 aliphatic heterocycles. The van der Waals surface area contributed by atoms with Crippen LogP contribution in [-0.2, 0) is 4.79 Å². The van der Waals surface area contributed by atoms with Gasteiger partial charge in [0.15, 0.2) is 18.1 Å². The molecule has 3 aromatic rings. The fourth-order valence-corrected chi connectivity index (χ4v) is 2.37. The van der Waals surface area contributed by atoms with Gasteiger partial charge in [-0.15, -0.1) is 13.9 Å². The first-order valence-corrected chi connectivity index (χ1v) is 7.64. The van der Waals surface area contributed by atoms with Gasteiger partial charge in [-0.3, -0.25) is 4.79 Å². The highest BCUT2D eigenvalue weighted by atomic mass is 19.3. The van der Waals surface area contributed by atoms with E-state index in [9.17, 15) is 13.6 Å². The molecule has 27 heavy (non-hydrogen) atoms. The number of benzene rings is 2. The van der Waals surface area contributed by atoms with Crippen LogP contribution in [0.5, 0.6) is 17.2 Å². The van der Waals surface area contributed by atoms with Crippen LogP contribution >= 0.6 is 0 Å². The Balaban J connectivity index is 1.36. The molecule has 2 heterocycles. The number of halogens is 2. The molecule has 0 saturated heterocycles. The average molecular weight is 375 g/mol. The minimum atomic E-state index is -3.71. The summed E-state index contributed by atoms with van der Waals surface area (Å²) in [6, 6.07) is 10.8. The van der Waals surface area contributed by atoms with E-state index in [-0.39, 0.29) is 23.8 Å². The van der Waals surface area contributed by atoms with Crippen LogP contribution in [0.3, 0.4) is 0 Å². The smallest absolute Gasteiger partial charge is 0.484 e. The number of anilines is 1. The number of rotatable bonds is 5. The summed E-state index contributed by atoms with van der Waals surface area (Å²) in [6.45, 7) is -0.288. The van der Waals surface area contributed by atoms with Crippen LogP contribution in [0.2, 0.25) is 0 Å². The largest absolute Gasteiger partial charge is 0.586 e. The third kappa shape index (κ3) is 3.76. The Morgan fingerprint density at radius 1 is 1.19 bits per heavy atom. The summed E-state index contributed by atoms with van der Waals surface area (Å²) >= 11 is 0. The molecule has 9 nitrogen and oxygen atoms in total. The Hall–Kier alpha value is -3.76. The second-order valence-electron chi connectivity index (χ2n) is 5.42. The highest BCUT2D eigenvalue weighted by molar-refractivity contribution is 5.92. The number of nitrogens with one attached hydrogen (secondary N) is 1. The molecule has 11 heteroatoms. The Morgan fingerprint density at radius 3 is 2.85 bits per heavy atom. The number of carbonyl (C=O) groups is 1. The van der Waals surface area contributed by atoms with Crippen molar-refractivity contribution < 1.29 is 27.8 Å². The monoisotopic (exact) mass is 375 g/mol. The zero-order chi connectivity index (χ0) is 18.9. The van der Waals surface area contributed by atoms with Crippen molar-refractivity contribution in [1.82, 2.24) is 20.2 Å². The van der Waals surface area contributed by atoms with Crippen LogP contribution in [0.25, 0.3) is 5.69 Å². The fraction of sp³-hybridized carbons (Fsp3) is 0.125. The molecule has 0 bridgehead atoms. The minimum absolute atomic E-state index is 0.103. The number of hydrogen-bond acceptors (Lipinski definition) is 7. The fourth-order valence-electron chi connectivity index (χ4n) is 2.37. The van der Waals surface area contributed by atoms with Crippen LogP contribution < -0.4 is 19.5 Å². The zero-order valence-electron chi connectivity index (χ0n) is 13.5.